The van der Waals surface area contributed by atoms with Crippen LogP contribution in [-0.2, 0) is 6.54 Å². The van der Waals surface area contributed by atoms with Crippen molar-refractivity contribution in [1.82, 2.24) is 14.5 Å². The molecule has 1 fully saturated rings. The predicted octanol–water partition coefficient (Wildman–Crippen LogP) is 3.34. The first-order valence-electron chi connectivity index (χ1n) is 9.12. The van der Waals surface area contributed by atoms with E-state index in [1.54, 1.807) is 19.2 Å². The van der Waals surface area contributed by atoms with Gasteiger partial charge in [-0.2, -0.15) is 0 Å². The Morgan fingerprint density at radius 3 is 2.63 bits per heavy atom. The molecule has 0 amide bonds. The minimum absolute atomic E-state index is 0.175. The highest BCUT2D eigenvalue weighted by molar-refractivity contribution is 5.47. The number of ether oxygens (including phenoxy) is 1. The fourth-order valence-corrected chi connectivity index (χ4v) is 3.49. The molecule has 0 aliphatic carbocycles. The zero-order valence-corrected chi connectivity index (χ0v) is 15.4. The Hall–Kier alpha value is -2.86. The summed E-state index contributed by atoms with van der Waals surface area (Å²) in [4.78, 5) is 9.22. The van der Waals surface area contributed by atoms with Crippen LogP contribution >= 0.6 is 0 Å². The first-order valence-corrected chi connectivity index (χ1v) is 9.12. The van der Waals surface area contributed by atoms with E-state index >= 15 is 0 Å². The summed E-state index contributed by atoms with van der Waals surface area (Å²) in [6.07, 6.45) is 3.80. The average molecular weight is 366 g/mol. The summed E-state index contributed by atoms with van der Waals surface area (Å²) in [7, 11) is 1.67. The van der Waals surface area contributed by atoms with Crippen molar-refractivity contribution < 1.29 is 9.13 Å². The molecule has 0 bridgehead atoms. The molecular formula is C21H23FN4O. The highest BCUT2D eigenvalue weighted by Gasteiger charge is 2.21. The third-order valence-electron chi connectivity index (χ3n) is 4.90. The van der Waals surface area contributed by atoms with Gasteiger partial charge in [-0.15, -0.1) is 0 Å². The zero-order valence-electron chi connectivity index (χ0n) is 15.4. The predicted molar refractivity (Wildman–Crippen MR) is 104 cm³/mol. The Bertz CT molecular complexity index is 902. The molecule has 0 saturated carbocycles. The Kier molecular flexibility index (Phi) is 5.07. The molecule has 0 spiro atoms. The number of benzene rings is 2. The van der Waals surface area contributed by atoms with Gasteiger partial charge in [0.1, 0.15) is 11.6 Å². The van der Waals surface area contributed by atoms with Crippen LogP contribution in [0.3, 0.4) is 0 Å². The van der Waals surface area contributed by atoms with E-state index in [0.717, 1.165) is 55.7 Å². The smallest absolute Gasteiger partial charge is 0.210 e. The Labute approximate surface area is 158 Å². The number of methoxy groups -OCH3 is 1. The van der Waals surface area contributed by atoms with Gasteiger partial charge in [-0.1, -0.05) is 18.2 Å². The van der Waals surface area contributed by atoms with Crippen molar-refractivity contribution in [2.45, 2.75) is 6.54 Å². The summed E-state index contributed by atoms with van der Waals surface area (Å²) in [5.41, 5.74) is 2.05. The van der Waals surface area contributed by atoms with Crippen molar-refractivity contribution in [1.29, 1.82) is 0 Å². The van der Waals surface area contributed by atoms with E-state index in [1.165, 1.54) is 6.07 Å². The second-order valence-electron chi connectivity index (χ2n) is 6.69. The molecule has 140 valence electrons. The molecule has 0 atom stereocenters. The fourth-order valence-electron chi connectivity index (χ4n) is 3.49. The van der Waals surface area contributed by atoms with Crippen LogP contribution in [-0.4, -0.2) is 47.7 Å². The number of anilines is 1. The third kappa shape index (κ3) is 3.95. The molecule has 0 N–H and O–H groups in total. The second kappa shape index (κ2) is 7.80. The number of hydrogen-bond donors (Lipinski definition) is 0. The van der Waals surface area contributed by atoms with E-state index in [4.69, 9.17) is 4.74 Å². The van der Waals surface area contributed by atoms with E-state index in [1.807, 2.05) is 42.7 Å². The Morgan fingerprint density at radius 2 is 1.85 bits per heavy atom. The molecular weight excluding hydrogens is 343 g/mol. The molecule has 4 rings (SSSR count). The van der Waals surface area contributed by atoms with Crippen LogP contribution < -0.4 is 9.64 Å². The van der Waals surface area contributed by atoms with Gasteiger partial charge in [0.15, 0.2) is 0 Å². The van der Waals surface area contributed by atoms with Gasteiger partial charge < -0.3 is 9.64 Å². The molecule has 6 heteroatoms. The van der Waals surface area contributed by atoms with Gasteiger partial charge in [-0.3, -0.25) is 9.47 Å². The molecule has 1 saturated heterocycles. The molecule has 2 aromatic carbocycles. The maximum absolute atomic E-state index is 13.4. The number of imidazole rings is 1. The maximum Gasteiger partial charge on any atom is 0.210 e. The second-order valence-corrected chi connectivity index (χ2v) is 6.69. The number of aromatic nitrogens is 2. The van der Waals surface area contributed by atoms with Crippen molar-refractivity contribution in [2.24, 2.45) is 0 Å². The largest absolute Gasteiger partial charge is 0.497 e. The van der Waals surface area contributed by atoms with Crippen LogP contribution in [0.2, 0.25) is 0 Å². The monoisotopic (exact) mass is 366 g/mol. The van der Waals surface area contributed by atoms with Gasteiger partial charge in [0.05, 0.1) is 12.8 Å². The van der Waals surface area contributed by atoms with Crippen LogP contribution in [0.25, 0.3) is 5.69 Å². The van der Waals surface area contributed by atoms with Gasteiger partial charge >= 0.3 is 0 Å². The maximum atomic E-state index is 13.4. The first-order chi connectivity index (χ1) is 13.2. The van der Waals surface area contributed by atoms with Crippen molar-refractivity contribution in [2.75, 3.05) is 38.2 Å². The highest BCUT2D eigenvalue weighted by Crippen LogP contribution is 2.23. The van der Waals surface area contributed by atoms with Crippen LogP contribution in [0.4, 0.5) is 10.3 Å². The Balaban J connectivity index is 1.44. The van der Waals surface area contributed by atoms with Crippen LogP contribution in [0, 0.1) is 5.82 Å². The number of halogens is 1. The third-order valence-corrected chi connectivity index (χ3v) is 4.90. The fraction of sp³-hybridized carbons (Fsp3) is 0.286. The molecule has 2 heterocycles. The van der Waals surface area contributed by atoms with Crippen LogP contribution in [0.1, 0.15) is 5.56 Å². The number of rotatable bonds is 5. The normalized spacial score (nSPS) is 15.1. The number of hydrogen-bond acceptors (Lipinski definition) is 4. The lowest BCUT2D eigenvalue weighted by atomic mass is 10.2. The van der Waals surface area contributed by atoms with Crippen LogP contribution in [0.5, 0.6) is 5.75 Å². The van der Waals surface area contributed by atoms with E-state index in [-0.39, 0.29) is 5.82 Å². The van der Waals surface area contributed by atoms with Crippen LogP contribution in [0.15, 0.2) is 60.9 Å². The molecule has 1 aliphatic rings. The molecule has 5 nitrogen and oxygen atoms in total. The van der Waals surface area contributed by atoms with Crippen molar-refractivity contribution >= 4 is 5.95 Å². The lowest BCUT2D eigenvalue weighted by molar-refractivity contribution is 0.248. The standard InChI is InChI=1S/C21H23FN4O/c1-27-20-7-3-6-19(15-20)26-9-8-23-21(26)25-12-10-24(11-13-25)16-17-4-2-5-18(22)14-17/h2-9,14-15H,10-13,16H2,1H3. The summed E-state index contributed by atoms with van der Waals surface area (Å²) < 4.78 is 20.8. The van der Waals surface area contributed by atoms with Crippen molar-refractivity contribution in [3.05, 3.63) is 72.3 Å². The lowest BCUT2D eigenvalue weighted by Crippen LogP contribution is -2.46. The van der Waals surface area contributed by atoms with E-state index < -0.39 is 0 Å². The van der Waals surface area contributed by atoms with Crippen molar-refractivity contribution in [3.8, 4) is 11.4 Å². The van der Waals surface area contributed by atoms with Gasteiger partial charge in [0.25, 0.3) is 0 Å². The van der Waals surface area contributed by atoms with E-state index in [0.29, 0.717) is 0 Å². The molecule has 1 aliphatic heterocycles. The number of piperazine rings is 1. The van der Waals surface area contributed by atoms with Gasteiger partial charge in [-0.05, 0) is 29.8 Å². The summed E-state index contributed by atoms with van der Waals surface area (Å²) in [5, 5.41) is 0. The zero-order chi connectivity index (χ0) is 18.6. The lowest BCUT2D eigenvalue weighted by Gasteiger charge is -2.35. The highest BCUT2D eigenvalue weighted by atomic mass is 19.1. The van der Waals surface area contributed by atoms with Gasteiger partial charge in [0, 0.05) is 51.2 Å². The molecule has 3 aromatic rings. The molecule has 0 radical (unpaired) electrons. The molecule has 1 aromatic heterocycles. The van der Waals surface area contributed by atoms with Gasteiger partial charge in [0.2, 0.25) is 5.95 Å². The summed E-state index contributed by atoms with van der Waals surface area (Å²) in [6, 6.07) is 14.8. The SMILES string of the molecule is COc1cccc(-n2ccnc2N2CCN(Cc3cccc(F)c3)CC2)c1. The summed E-state index contributed by atoms with van der Waals surface area (Å²) in [6.45, 7) is 4.38. The van der Waals surface area contributed by atoms with Gasteiger partial charge in [-0.25, -0.2) is 9.37 Å². The van der Waals surface area contributed by atoms with E-state index in [9.17, 15) is 4.39 Å². The number of nitrogens with zero attached hydrogens (tertiary/aromatic N) is 4. The average Bonchev–Trinajstić information content (AvgIpc) is 3.18. The summed E-state index contributed by atoms with van der Waals surface area (Å²) >= 11 is 0. The quantitative estimate of drug-likeness (QED) is 0.694. The molecule has 0 unspecified atom stereocenters. The first kappa shape index (κ1) is 17.5. The molecule has 27 heavy (non-hydrogen) atoms. The minimum atomic E-state index is -0.175. The Morgan fingerprint density at radius 1 is 1.04 bits per heavy atom. The topological polar surface area (TPSA) is 33.5 Å². The summed E-state index contributed by atoms with van der Waals surface area (Å²) in [5.74, 6) is 1.59. The van der Waals surface area contributed by atoms with E-state index in [2.05, 4.69) is 19.4 Å². The van der Waals surface area contributed by atoms with Crippen molar-refractivity contribution in [3.63, 3.8) is 0 Å². The minimum Gasteiger partial charge on any atom is -0.497 e.